The summed E-state index contributed by atoms with van der Waals surface area (Å²) in [6, 6.07) is 6.44. The predicted octanol–water partition coefficient (Wildman–Crippen LogP) is 1.14. The van der Waals surface area contributed by atoms with Crippen molar-refractivity contribution in [1.29, 1.82) is 0 Å². The van der Waals surface area contributed by atoms with Crippen LogP contribution >= 0.6 is 23.1 Å². The highest BCUT2D eigenvalue weighted by Gasteiger charge is 2.17. The monoisotopic (exact) mass is 398 g/mol. The average molecular weight is 399 g/mol. The SMILES string of the molecule is CCc1nnsc1C(=O)OCC(=O)NNC(=O)COc1ccc(Cl)cc1. The summed E-state index contributed by atoms with van der Waals surface area (Å²) in [7, 11) is 0. The summed E-state index contributed by atoms with van der Waals surface area (Å²) in [5.41, 5.74) is 4.76. The summed E-state index contributed by atoms with van der Waals surface area (Å²) in [5, 5.41) is 4.33. The molecule has 0 spiro atoms. The van der Waals surface area contributed by atoms with Crippen LogP contribution in [0.4, 0.5) is 0 Å². The Labute approximate surface area is 157 Å². The van der Waals surface area contributed by atoms with E-state index < -0.39 is 24.4 Å². The summed E-state index contributed by atoms with van der Waals surface area (Å²) in [4.78, 5) is 35.3. The normalized spacial score (nSPS) is 10.1. The molecule has 0 unspecified atom stereocenters. The van der Waals surface area contributed by atoms with Crippen molar-refractivity contribution >= 4 is 40.9 Å². The van der Waals surface area contributed by atoms with Crippen molar-refractivity contribution < 1.29 is 23.9 Å². The molecule has 1 aromatic heterocycles. The first-order valence-electron chi connectivity index (χ1n) is 7.44. The van der Waals surface area contributed by atoms with Crippen LogP contribution in [-0.2, 0) is 20.7 Å². The molecule has 0 radical (unpaired) electrons. The molecule has 0 atom stereocenters. The molecule has 1 heterocycles. The third kappa shape index (κ3) is 5.97. The second-order valence-electron chi connectivity index (χ2n) is 4.82. The lowest BCUT2D eigenvalue weighted by molar-refractivity contribution is -0.131. The van der Waals surface area contributed by atoms with E-state index in [-0.39, 0.29) is 11.5 Å². The van der Waals surface area contributed by atoms with Crippen molar-refractivity contribution in [3.63, 3.8) is 0 Å². The minimum Gasteiger partial charge on any atom is -0.484 e. The van der Waals surface area contributed by atoms with Gasteiger partial charge in [-0.05, 0) is 42.2 Å². The zero-order valence-corrected chi connectivity index (χ0v) is 15.2. The third-order valence-corrected chi connectivity index (χ3v) is 3.94. The molecule has 11 heteroatoms. The Bertz CT molecular complexity index is 781. The molecule has 2 amide bonds. The van der Waals surface area contributed by atoms with Gasteiger partial charge in [0.05, 0.1) is 5.69 Å². The molecule has 0 fully saturated rings. The molecule has 0 bridgehead atoms. The molecule has 0 aliphatic carbocycles. The number of nitrogens with zero attached hydrogens (tertiary/aromatic N) is 2. The fourth-order valence-corrected chi connectivity index (χ4v) is 2.45. The van der Waals surface area contributed by atoms with Crippen molar-refractivity contribution in [3.8, 4) is 5.75 Å². The number of rotatable bonds is 7. The van der Waals surface area contributed by atoms with Gasteiger partial charge in [-0.25, -0.2) is 4.79 Å². The summed E-state index contributed by atoms with van der Waals surface area (Å²) in [5.74, 6) is -1.52. The van der Waals surface area contributed by atoms with E-state index in [1.807, 2.05) is 6.92 Å². The molecule has 2 aromatic rings. The van der Waals surface area contributed by atoms with E-state index in [1.54, 1.807) is 24.3 Å². The molecular weight excluding hydrogens is 384 g/mol. The molecular formula is C15H15ClN4O5S. The number of halogens is 1. The van der Waals surface area contributed by atoms with Gasteiger partial charge in [-0.1, -0.05) is 23.0 Å². The van der Waals surface area contributed by atoms with Crippen LogP contribution in [0.1, 0.15) is 22.3 Å². The highest BCUT2D eigenvalue weighted by molar-refractivity contribution is 7.07. The molecule has 0 saturated heterocycles. The molecule has 0 aliphatic rings. The number of aromatic nitrogens is 2. The molecule has 0 saturated carbocycles. The molecule has 0 aliphatic heterocycles. The third-order valence-electron chi connectivity index (χ3n) is 2.94. The number of aryl methyl sites for hydroxylation is 1. The Hall–Kier alpha value is -2.72. The second-order valence-corrected chi connectivity index (χ2v) is 6.01. The zero-order valence-electron chi connectivity index (χ0n) is 13.7. The summed E-state index contributed by atoms with van der Waals surface area (Å²) in [6.45, 7) is 0.953. The van der Waals surface area contributed by atoms with Gasteiger partial charge in [0.1, 0.15) is 5.75 Å². The lowest BCUT2D eigenvalue weighted by Gasteiger charge is -2.09. The van der Waals surface area contributed by atoms with Crippen LogP contribution in [0.15, 0.2) is 24.3 Å². The second kappa shape index (κ2) is 9.68. The predicted molar refractivity (Wildman–Crippen MR) is 92.8 cm³/mol. The minimum absolute atomic E-state index is 0.251. The molecule has 9 nitrogen and oxygen atoms in total. The van der Waals surface area contributed by atoms with E-state index >= 15 is 0 Å². The number of benzene rings is 1. The number of hydrogen-bond acceptors (Lipinski definition) is 8. The van der Waals surface area contributed by atoms with Gasteiger partial charge in [-0.3, -0.25) is 20.4 Å². The van der Waals surface area contributed by atoms with Gasteiger partial charge in [0.15, 0.2) is 18.1 Å². The number of esters is 1. The summed E-state index contributed by atoms with van der Waals surface area (Å²) >= 11 is 6.63. The first-order chi connectivity index (χ1) is 12.5. The van der Waals surface area contributed by atoms with E-state index in [1.165, 1.54) is 0 Å². The van der Waals surface area contributed by atoms with Crippen LogP contribution in [0.5, 0.6) is 5.75 Å². The van der Waals surface area contributed by atoms with Gasteiger partial charge in [0.25, 0.3) is 11.8 Å². The highest BCUT2D eigenvalue weighted by atomic mass is 35.5. The average Bonchev–Trinajstić information content (AvgIpc) is 3.12. The largest absolute Gasteiger partial charge is 0.484 e. The number of amides is 2. The Balaban J connectivity index is 1.67. The van der Waals surface area contributed by atoms with Crippen molar-refractivity contribution in [2.75, 3.05) is 13.2 Å². The lowest BCUT2D eigenvalue weighted by atomic mass is 10.3. The number of hydrazine groups is 1. The molecule has 138 valence electrons. The molecule has 2 N–H and O–H groups in total. The van der Waals surface area contributed by atoms with Crippen molar-refractivity contribution in [1.82, 2.24) is 20.4 Å². The summed E-state index contributed by atoms with van der Waals surface area (Å²) in [6.07, 6.45) is 0.525. The van der Waals surface area contributed by atoms with Crippen LogP contribution in [0.25, 0.3) is 0 Å². The lowest BCUT2D eigenvalue weighted by Crippen LogP contribution is -2.45. The van der Waals surface area contributed by atoms with Gasteiger partial charge in [0.2, 0.25) is 0 Å². The van der Waals surface area contributed by atoms with Gasteiger partial charge < -0.3 is 9.47 Å². The smallest absolute Gasteiger partial charge is 0.352 e. The molecule has 26 heavy (non-hydrogen) atoms. The van der Waals surface area contributed by atoms with Crippen LogP contribution in [-0.4, -0.2) is 40.6 Å². The Kier molecular flexibility index (Phi) is 7.30. The maximum Gasteiger partial charge on any atom is 0.352 e. The van der Waals surface area contributed by atoms with E-state index in [0.29, 0.717) is 22.9 Å². The first-order valence-corrected chi connectivity index (χ1v) is 8.59. The first kappa shape index (κ1) is 19.6. The van der Waals surface area contributed by atoms with E-state index in [2.05, 4.69) is 20.4 Å². The van der Waals surface area contributed by atoms with Crippen LogP contribution in [0, 0.1) is 0 Å². The minimum atomic E-state index is -0.700. The quantitative estimate of drug-likeness (QED) is 0.530. The zero-order chi connectivity index (χ0) is 18.9. The fourth-order valence-electron chi connectivity index (χ4n) is 1.68. The maximum absolute atomic E-state index is 11.8. The molecule has 1 aromatic carbocycles. The van der Waals surface area contributed by atoms with Gasteiger partial charge in [0, 0.05) is 5.02 Å². The van der Waals surface area contributed by atoms with Crippen LogP contribution in [0.2, 0.25) is 5.02 Å². The Morgan fingerprint density at radius 3 is 2.42 bits per heavy atom. The standard InChI is InChI=1S/C15H15ClN4O5S/c1-2-11-14(26-20-17-11)15(23)25-8-13(22)19-18-12(21)7-24-10-5-3-9(16)4-6-10/h3-6H,2,7-8H2,1H3,(H,18,21)(H,19,22). The topological polar surface area (TPSA) is 120 Å². The number of carbonyl (C=O) groups excluding carboxylic acids is 3. The van der Waals surface area contributed by atoms with Crippen LogP contribution in [0.3, 0.4) is 0 Å². The fraction of sp³-hybridized carbons (Fsp3) is 0.267. The van der Waals surface area contributed by atoms with Gasteiger partial charge in [-0.15, -0.1) is 5.10 Å². The van der Waals surface area contributed by atoms with E-state index in [9.17, 15) is 14.4 Å². The number of hydrogen-bond donors (Lipinski definition) is 2. The highest BCUT2D eigenvalue weighted by Crippen LogP contribution is 2.15. The Morgan fingerprint density at radius 1 is 1.12 bits per heavy atom. The van der Waals surface area contributed by atoms with E-state index in [0.717, 1.165) is 11.5 Å². The van der Waals surface area contributed by atoms with Crippen molar-refractivity contribution in [2.24, 2.45) is 0 Å². The van der Waals surface area contributed by atoms with E-state index in [4.69, 9.17) is 21.1 Å². The van der Waals surface area contributed by atoms with Gasteiger partial charge in [-0.2, -0.15) is 0 Å². The number of ether oxygens (including phenoxy) is 2. The van der Waals surface area contributed by atoms with Crippen LogP contribution < -0.4 is 15.6 Å². The maximum atomic E-state index is 11.8. The van der Waals surface area contributed by atoms with Crippen molar-refractivity contribution in [3.05, 3.63) is 39.9 Å². The number of nitrogens with one attached hydrogen (secondary N) is 2. The molecule has 2 rings (SSSR count). The van der Waals surface area contributed by atoms with Gasteiger partial charge >= 0.3 is 5.97 Å². The van der Waals surface area contributed by atoms with Crippen molar-refractivity contribution in [2.45, 2.75) is 13.3 Å². The number of carbonyl (C=O) groups is 3. The Morgan fingerprint density at radius 2 is 1.77 bits per heavy atom. The summed E-state index contributed by atoms with van der Waals surface area (Å²) < 4.78 is 13.7.